The summed E-state index contributed by atoms with van der Waals surface area (Å²) in [4.78, 5) is 73.9. The number of primary amides is 1. The van der Waals surface area contributed by atoms with Crippen LogP contribution in [-0.2, 0) is 52.4 Å². The molecule has 0 radical (unpaired) electrons. The van der Waals surface area contributed by atoms with Crippen molar-refractivity contribution in [1.29, 1.82) is 0 Å². The lowest BCUT2D eigenvalue weighted by molar-refractivity contribution is -0.139. The predicted octanol–water partition coefficient (Wildman–Crippen LogP) is -0.123. The summed E-state index contributed by atoms with van der Waals surface area (Å²) in [7, 11) is 1.50. The first kappa shape index (κ1) is 46.2. The number of nitrogens with zero attached hydrogens (tertiary/aromatic N) is 1. The van der Waals surface area contributed by atoms with E-state index in [0.29, 0.717) is 85.5 Å². The Labute approximate surface area is 305 Å². The Morgan fingerprint density at radius 3 is 1.80 bits per heavy atom. The number of hydrogen-bond donors (Lipinski definition) is 4. The van der Waals surface area contributed by atoms with Crippen LogP contribution < -0.4 is 21.7 Å². The summed E-state index contributed by atoms with van der Waals surface area (Å²) in [6, 6.07) is -1.39. The summed E-state index contributed by atoms with van der Waals surface area (Å²) in [6.45, 7) is 8.42. The van der Waals surface area contributed by atoms with Crippen molar-refractivity contribution in [1.82, 2.24) is 20.9 Å². The van der Waals surface area contributed by atoms with Gasteiger partial charge >= 0.3 is 6.03 Å². The number of imide groups is 1. The molecule has 0 saturated carbocycles. The zero-order valence-electron chi connectivity index (χ0n) is 30.6. The van der Waals surface area contributed by atoms with Gasteiger partial charge in [-0.1, -0.05) is 13.8 Å². The van der Waals surface area contributed by atoms with Crippen LogP contribution in [0.4, 0.5) is 4.79 Å². The zero-order valence-corrected chi connectivity index (χ0v) is 31.4. The van der Waals surface area contributed by atoms with Crippen LogP contribution in [0.15, 0.2) is 0 Å². The van der Waals surface area contributed by atoms with Gasteiger partial charge in [0, 0.05) is 38.8 Å². The quantitative estimate of drug-likeness (QED) is 0.0521. The monoisotopic (exact) mass is 749 g/mol. The van der Waals surface area contributed by atoms with Gasteiger partial charge < -0.3 is 50.1 Å². The van der Waals surface area contributed by atoms with Crippen LogP contribution in [0, 0.1) is 11.8 Å². The summed E-state index contributed by atoms with van der Waals surface area (Å²) in [5, 5.41) is 7.52. The topological polar surface area (TPSA) is 223 Å². The number of carbonyl (C=O) groups is 6. The number of amides is 6. The molecule has 0 aromatic carbocycles. The van der Waals surface area contributed by atoms with Crippen molar-refractivity contribution in [3.05, 3.63) is 0 Å². The number of nitrogens with one attached hydrogen (secondary N) is 3. The van der Waals surface area contributed by atoms with Gasteiger partial charge in [0.15, 0.2) is 5.78 Å². The van der Waals surface area contributed by atoms with E-state index in [4.69, 9.17) is 34.2 Å². The number of urea groups is 1. The minimum Gasteiger partial charge on any atom is -0.379 e. The lowest BCUT2D eigenvalue weighted by atomic mass is 9.89. The third-order valence-corrected chi connectivity index (χ3v) is 8.64. The molecule has 51 heavy (non-hydrogen) atoms. The first-order valence-electron chi connectivity index (χ1n) is 17.4. The molecular weight excluding hydrogens is 690 g/mol. The molecule has 18 heteroatoms. The molecule has 1 aliphatic rings. The molecule has 0 bridgehead atoms. The fourth-order valence-electron chi connectivity index (χ4n) is 4.92. The lowest BCUT2D eigenvalue weighted by Crippen LogP contribution is -2.46. The summed E-state index contributed by atoms with van der Waals surface area (Å²) in [6.07, 6.45) is 2.97. The van der Waals surface area contributed by atoms with Gasteiger partial charge in [-0.2, -0.15) is 11.8 Å². The fraction of sp³-hybridized carbons (Fsp3) is 0.818. The molecule has 3 unspecified atom stereocenters. The van der Waals surface area contributed by atoms with E-state index in [2.05, 4.69) is 16.0 Å². The summed E-state index contributed by atoms with van der Waals surface area (Å²) >= 11 is 1.39. The Balaban J connectivity index is 2.00. The molecular formula is C33H59N5O12S. The van der Waals surface area contributed by atoms with Crippen molar-refractivity contribution in [2.24, 2.45) is 17.6 Å². The van der Waals surface area contributed by atoms with Gasteiger partial charge in [0.05, 0.1) is 97.1 Å². The molecule has 3 atom stereocenters. The molecule has 0 aliphatic carbocycles. The number of likely N-dealkylation sites (tertiary alicyclic amines) is 1. The zero-order chi connectivity index (χ0) is 37.9. The fourth-order valence-corrected chi connectivity index (χ4v) is 5.56. The van der Waals surface area contributed by atoms with E-state index in [1.165, 1.54) is 23.7 Å². The Morgan fingerprint density at radius 1 is 0.843 bits per heavy atom. The van der Waals surface area contributed by atoms with Gasteiger partial charge in [-0.3, -0.25) is 28.9 Å². The summed E-state index contributed by atoms with van der Waals surface area (Å²) in [5.74, 6) is -1.89. The normalized spacial score (nSPS) is 15.6. The largest absolute Gasteiger partial charge is 0.379 e. The first-order chi connectivity index (χ1) is 24.5. The molecule has 1 fully saturated rings. The van der Waals surface area contributed by atoms with Crippen LogP contribution >= 0.6 is 11.8 Å². The highest BCUT2D eigenvalue weighted by Crippen LogP contribution is 2.22. The van der Waals surface area contributed by atoms with Crippen molar-refractivity contribution < 1.29 is 57.2 Å². The molecule has 6 amide bonds. The smallest absolute Gasteiger partial charge is 0.312 e. The molecule has 0 aromatic heterocycles. The van der Waals surface area contributed by atoms with E-state index in [0.717, 1.165) is 0 Å². The summed E-state index contributed by atoms with van der Waals surface area (Å²) in [5.41, 5.74) is 5.06. The minimum absolute atomic E-state index is 0.0347. The van der Waals surface area contributed by atoms with Crippen LogP contribution in [0.2, 0.25) is 0 Å². The number of nitrogens with two attached hydrogens (primary N) is 1. The van der Waals surface area contributed by atoms with Crippen LogP contribution in [0.1, 0.15) is 46.0 Å². The second kappa shape index (κ2) is 28.7. The van der Waals surface area contributed by atoms with E-state index < -0.39 is 18.0 Å². The van der Waals surface area contributed by atoms with E-state index in [1.54, 1.807) is 0 Å². The second-order valence-corrected chi connectivity index (χ2v) is 13.0. The highest BCUT2D eigenvalue weighted by molar-refractivity contribution is 8.00. The van der Waals surface area contributed by atoms with Crippen molar-refractivity contribution in [2.75, 3.05) is 106 Å². The number of ketones is 1. The van der Waals surface area contributed by atoms with Gasteiger partial charge in [-0.05, 0) is 25.0 Å². The molecule has 0 aromatic rings. The predicted molar refractivity (Wildman–Crippen MR) is 189 cm³/mol. The van der Waals surface area contributed by atoms with Crippen LogP contribution in [0.3, 0.4) is 0 Å². The maximum absolute atomic E-state index is 13.0. The minimum atomic E-state index is -0.741. The molecule has 294 valence electrons. The van der Waals surface area contributed by atoms with Crippen molar-refractivity contribution in [3.8, 4) is 0 Å². The van der Waals surface area contributed by atoms with Gasteiger partial charge in [0.2, 0.25) is 23.6 Å². The Morgan fingerprint density at radius 2 is 1.35 bits per heavy atom. The van der Waals surface area contributed by atoms with E-state index in [-0.39, 0.29) is 79.6 Å². The van der Waals surface area contributed by atoms with Crippen LogP contribution in [0.5, 0.6) is 0 Å². The highest BCUT2D eigenvalue weighted by Gasteiger charge is 2.37. The van der Waals surface area contributed by atoms with Crippen LogP contribution in [0.25, 0.3) is 0 Å². The SMILES string of the molecule is CNC(=O)C(CCCNC(N)=O)CC(=O)C(NC(=O)CCOCCOCCOCCOCCOCCOCCN1C(=O)CC(SC)C1=O)C(C)C. The third-order valence-electron chi connectivity index (χ3n) is 7.70. The van der Waals surface area contributed by atoms with Crippen molar-refractivity contribution in [3.63, 3.8) is 0 Å². The first-order valence-corrected chi connectivity index (χ1v) is 18.7. The average molecular weight is 750 g/mol. The average Bonchev–Trinajstić information content (AvgIpc) is 3.38. The maximum Gasteiger partial charge on any atom is 0.312 e. The standard InChI is InChI=1S/C33H59N5O12S/c1-24(2)30(26(39)22-25(31(42)35-3)6-5-8-36-33(34)44)37-28(40)7-10-45-12-14-47-16-18-49-20-21-50-19-17-48-15-13-46-11-9-38-29(41)23-27(51-4)32(38)43/h24-25,27,30H,5-23H2,1-4H3,(H,35,42)(H,37,40)(H3,34,36,44). The van der Waals surface area contributed by atoms with Gasteiger partial charge in [0.25, 0.3) is 0 Å². The van der Waals surface area contributed by atoms with Crippen LogP contribution in [-0.4, -0.2) is 157 Å². The molecule has 5 N–H and O–H groups in total. The maximum atomic E-state index is 13.0. The number of hydrogen-bond acceptors (Lipinski definition) is 13. The molecule has 17 nitrogen and oxygen atoms in total. The third kappa shape index (κ3) is 21.3. The molecule has 0 spiro atoms. The Kier molecular flexibility index (Phi) is 26.0. The Hall–Kier alpha value is -2.87. The summed E-state index contributed by atoms with van der Waals surface area (Å²) < 4.78 is 32.7. The van der Waals surface area contributed by atoms with E-state index >= 15 is 0 Å². The van der Waals surface area contributed by atoms with Crippen molar-refractivity contribution >= 4 is 47.2 Å². The van der Waals surface area contributed by atoms with Gasteiger partial charge in [-0.15, -0.1) is 0 Å². The number of ether oxygens (including phenoxy) is 6. The van der Waals surface area contributed by atoms with E-state index in [1.807, 2.05) is 20.1 Å². The van der Waals surface area contributed by atoms with Crippen molar-refractivity contribution in [2.45, 2.75) is 57.2 Å². The second-order valence-electron chi connectivity index (χ2n) is 11.9. The molecule has 1 heterocycles. The number of carbonyl (C=O) groups excluding carboxylic acids is 6. The van der Waals surface area contributed by atoms with E-state index in [9.17, 15) is 28.8 Å². The Bertz CT molecular complexity index is 1050. The number of rotatable bonds is 32. The molecule has 1 rings (SSSR count). The molecule has 1 aliphatic heterocycles. The van der Waals surface area contributed by atoms with Gasteiger partial charge in [0.1, 0.15) is 0 Å². The lowest BCUT2D eigenvalue weighted by Gasteiger charge is -2.23. The highest BCUT2D eigenvalue weighted by atomic mass is 32.2. The number of Topliss-reactive ketones (excluding diaryl/α,β-unsaturated/α-hetero) is 1. The van der Waals surface area contributed by atoms with Gasteiger partial charge in [-0.25, -0.2) is 4.79 Å². The number of thioether (sulfide) groups is 1. The molecule has 1 saturated heterocycles.